The van der Waals surface area contributed by atoms with Crippen molar-refractivity contribution in [1.82, 2.24) is 19.6 Å². The molecule has 8 N–H and O–H groups in total. The number of primary amides is 1. The number of rotatable bonds is 27. The number of hydrogen-bond acceptors (Lipinski definition) is 12. The van der Waals surface area contributed by atoms with E-state index in [0.29, 0.717) is 19.6 Å². The van der Waals surface area contributed by atoms with E-state index in [9.17, 15) is 29.3 Å². The largest absolute Gasteiger partial charge is 0.464 e. The maximum atomic E-state index is 12.7. The number of nitrogens with one attached hydrogen (secondary N) is 1. The molecular formula is C35H61N6O10P. The molecule has 0 spiro atoms. The Bertz CT molecular complexity index is 1440. The predicted octanol–water partition coefficient (Wildman–Crippen LogP) is 4.57. The SMILES string of the molecule is CCCCCCCCCCCCCCCCOCCCOC(=O)[C@H](C)NP(=O)(O)OCC1O[C@@H](n2cc(C(N)=O)c3c(N)nc(C)nc32)[C@H](O)[C@@H]1O. The van der Waals surface area contributed by atoms with E-state index >= 15 is 0 Å². The third kappa shape index (κ3) is 13.9. The molecule has 2 unspecified atom stereocenters. The highest BCUT2D eigenvalue weighted by atomic mass is 31.2. The van der Waals surface area contributed by atoms with Crippen LogP contribution in [0.2, 0.25) is 0 Å². The zero-order chi connectivity index (χ0) is 38.1. The fourth-order valence-corrected chi connectivity index (χ4v) is 7.25. The number of aromatic nitrogens is 3. The van der Waals surface area contributed by atoms with Crippen LogP contribution in [0.3, 0.4) is 0 Å². The van der Waals surface area contributed by atoms with Gasteiger partial charge in [-0.25, -0.2) is 19.6 Å². The predicted molar refractivity (Wildman–Crippen MR) is 196 cm³/mol. The summed E-state index contributed by atoms with van der Waals surface area (Å²) >= 11 is 0. The minimum Gasteiger partial charge on any atom is -0.464 e. The Morgan fingerprint density at radius 1 is 0.942 bits per heavy atom. The molecule has 2 aromatic heterocycles. The summed E-state index contributed by atoms with van der Waals surface area (Å²) in [5, 5.41) is 23.8. The molecule has 0 bridgehead atoms. The number of unbranched alkanes of at least 4 members (excludes halogenated alkanes) is 13. The quantitative estimate of drug-likeness (QED) is 0.0416. The first-order valence-electron chi connectivity index (χ1n) is 18.8. The van der Waals surface area contributed by atoms with Gasteiger partial charge in [0.25, 0.3) is 5.91 Å². The van der Waals surface area contributed by atoms with Crippen LogP contribution >= 0.6 is 7.75 Å². The summed E-state index contributed by atoms with van der Waals surface area (Å²) < 4.78 is 35.7. The van der Waals surface area contributed by atoms with E-state index in [1.807, 2.05) is 0 Å². The Labute approximate surface area is 306 Å². The van der Waals surface area contributed by atoms with Crippen molar-refractivity contribution >= 4 is 36.5 Å². The average Bonchev–Trinajstić information content (AvgIpc) is 3.61. The van der Waals surface area contributed by atoms with Crippen LogP contribution in [0.25, 0.3) is 11.0 Å². The molecule has 1 fully saturated rings. The molecular weight excluding hydrogens is 695 g/mol. The number of ether oxygens (including phenoxy) is 3. The molecule has 1 aliphatic heterocycles. The summed E-state index contributed by atoms with van der Waals surface area (Å²) in [6.07, 6.45) is 14.3. The summed E-state index contributed by atoms with van der Waals surface area (Å²) in [5.74, 6) is -1.30. The van der Waals surface area contributed by atoms with Gasteiger partial charge in [-0.1, -0.05) is 90.4 Å². The number of aryl methyl sites for hydroxylation is 1. The number of aliphatic hydroxyl groups excluding tert-OH is 2. The number of aliphatic hydroxyl groups is 2. The monoisotopic (exact) mass is 756 g/mol. The Morgan fingerprint density at radius 2 is 1.52 bits per heavy atom. The van der Waals surface area contributed by atoms with Gasteiger partial charge in [0.1, 0.15) is 41.6 Å². The first-order valence-corrected chi connectivity index (χ1v) is 20.4. The molecule has 16 nitrogen and oxygen atoms in total. The Morgan fingerprint density at radius 3 is 2.12 bits per heavy atom. The summed E-state index contributed by atoms with van der Waals surface area (Å²) in [4.78, 5) is 43.1. The van der Waals surface area contributed by atoms with Gasteiger partial charge in [0, 0.05) is 25.8 Å². The molecule has 3 rings (SSSR count). The lowest BCUT2D eigenvalue weighted by Crippen LogP contribution is -2.36. The van der Waals surface area contributed by atoms with Crippen molar-refractivity contribution in [3.05, 3.63) is 17.6 Å². The van der Waals surface area contributed by atoms with Crippen molar-refractivity contribution in [3.8, 4) is 0 Å². The van der Waals surface area contributed by atoms with E-state index in [2.05, 4.69) is 22.0 Å². The third-order valence-electron chi connectivity index (χ3n) is 9.13. The number of nitrogen functional groups attached to an aromatic ring is 1. The normalized spacial score (nSPS) is 20.7. The summed E-state index contributed by atoms with van der Waals surface area (Å²) in [6.45, 7) is 5.73. The lowest BCUT2D eigenvalue weighted by atomic mass is 10.0. The van der Waals surface area contributed by atoms with Crippen molar-refractivity contribution in [2.45, 2.75) is 148 Å². The Kier molecular flexibility index (Phi) is 18.9. The number of esters is 1. The van der Waals surface area contributed by atoms with Crippen molar-refractivity contribution in [2.75, 3.05) is 32.2 Å². The van der Waals surface area contributed by atoms with Crippen LogP contribution in [-0.4, -0.2) is 92.3 Å². The highest BCUT2D eigenvalue weighted by molar-refractivity contribution is 7.50. The topological polar surface area (TPSA) is 244 Å². The molecule has 3 heterocycles. The van der Waals surface area contributed by atoms with Crippen LogP contribution in [-0.2, 0) is 28.1 Å². The van der Waals surface area contributed by atoms with Gasteiger partial charge in [-0.15, -0.1) is 0 Å². The van der Waals surface area contributed by atoms with Gasteiger partial charge in [0.05, 0.1) is 24.2 Å². The van der Waals surface area contributed by atoms with Crippen molar-refractivity contribution < 1.29 is 48.0 Å². The number of amides is 1. The van der Waals surface area contributed by atoms with E-state index in [0.717, 1.165) is 12.8 Å². The minimum absolute atomic E-state index is 0.00774. The fraction of sp³-hybridized carbons (Fsp3) is 0.771. The summed E-state index contributed by atoms with van der Waals surface area (Å²) in [7, 11) is -4.59. The molecule has 1 saturated heterocycles. The van der Waals surface area contributed by atoms with Crippen LogP contribution in [0.4, 0.5) is 5.82 Å². The van der Waals surface area contributed by atoms with Crippen LogP contribution in [0.1, 0.15) is 133 Å². The zero-order valence-corrected chi connectivity index (χ0v) is 31.9. The Hall–Kier alpha value is -2.69. The molecule has 0 aromatic carbocycles. The molecule has 1 amide bonds. The lowest BCUT2D eigenvalue weighted by Gasteiger charge is -2.20. The number of fused-ring (bicyclic) bond motifs is 1. The van der Waals surface area contributed by atoms with Gasteiger partial charge in [0.15, 0.2) is 6.23 Å². The minimum atomic E-state index is -4.59. The highest BCUT2D eigenvalue weighted by Gasteiger charge is 2.45. The number of hydrogen-bond donors (Lipinski definition) is 6. The van der Waals surface area contributed by atoms with Crippen molar-refractivity contribution in [2.24, 2.45) is 5.73 Å². The van der Waals surface area contributed by atoms with E-state index in [-0.39, 0.29) is 34.8 Å². The molecule has 2 aromatic rings. The van der Waals surface area contributed by atoms with Gasteiger partial charge in [0.2, 0.25) is 0 Å². The molecule has 17 heteroatoms. The second-order valence-electron chi connectivity index (χ2n) is 13.6. The van der Waals surface area contributed by atoms with Crippen molar-refractivity contribution in [1.29, 1.82) is 0 Å². The maximum Gasteiger partial charge on any atom is 0.403 e. The first kappa shape index (κ1) is 43.7. The Balaban J connectivity index is 1.27. The van der Waals surface area contributed by atoms with Gasteiger partial charge >= 0.3 is 13.7 Å². The average molecular weight is 757 g/mol. The first-order chi connectivity index (χ1) is 24.9. The summed E-state index contributed by atoms with van der Waals surface area (Å²) in [5.41, 5.74) is 11.6. The van der Waals surface area contributed by atoms with Crippen LogP contribution in [0, 0.1) is 6.92 Å². The smallest absolute Gasteiger partial charge is 0.403 e. The zero-order valence-electron chi connectivity index (χ0n) is 31.0. The van der Waals surface area contributed by atoms with Gasteiger partial charge in [-0.05, 0) is 20.3 Å². The molecule has 0 aliphatic carbocycles. The maximum absolute atomic E-state index is 12.7. The van der Waals surface area contributed by atoms with Gasteiger partial charge in [-0.3, -0.25) is 14.1 Å². The number of nitrogens with two attached hydrogens (primary N) is 2. The molecule has 0 radical (unpaired) electrons. The standard InChI is InChI=1S/C35H61N6O10P/c1-4-5-6-7-8-9-10-11-12-13-14-15-16-17-19-48-20-18-21-49-35(45)24(2)40-52(46,47)50-23-27-29(42)30(43)34(51-27)41-22-26(32(37)44)28-31(36)38-25(3)39-33(28)41/h22,24,27,29-30,34,42-43H,4-21,23H2,1-3H3,(H2,37,44)(H2,36,38,39)(H2,40,46,47)/t24-,27?,29+,30+,34+/m0/s1. The van der Waals surface area contributed by atoms with E-state index in [1.54, 1.807) is 6.92 Å². The molecule has 296 valence electrons. The summed E-state index contributed by atoms with van der Waals surface area (Å²) in [6, 6.07) is -1.19. The van der Waals surface area contributed by atoms with E-state index in [1.165, 1.54) is 94.7 Å². The fourth-order valence-electron chi connectivity index (χ4n) is 6.24. The van der Waals surface area contributed by atoms with Crippen LogP contribution in [0.5, 0.6) is 0 Å². The number of carbonyl (C=O) groups is 2. The third-order valence-corrected chi connectivity index (χ3v) is 10.3. The lowest BCUT2D eigenvalue weighted by molar-refractivity contribution is -0.145. The van der Waals surface area contributed by atoms with E-state index in [4.69, 9.17) is 30.2 Å². The van der Waals surface area contributed by atoms with Crippen LogP contribution < -0.4 is 16.6 Å². The van der Waals surface area contributed by atoms with Gasteiger partial charge in [-0.2, -0.15) is 0 Å². The van der Waals surface area contributed by atoms with Crippen molar-refractivity contribution in [3.63, 3.8) is 0 Å². The number of nitrogens with zero attached hydrogens (tertiary/aromatic N) is 3. The highest BCUT2D eigenvalue weighted by Crippen LogP contribution is 2.40. The second-order valence-corrected chi connectivity index (χ2v) is 15.2. The molecule has 0 saturated carbocycles. The van der Waals surface area contributed by atoms with Crippen LogP contribution in [0.15, 0.2) is 6.20 Å². The number of carbonyl (C=O) groups excluding carboxylic acids is 2. The van der Waals surface area contributed by atoms with Gasteiger partial charge < -0.3 is 45.4 Å². The van der Waals surface area contributed by atoms with E-state index < -0.39 is 56.8 Å². The molecule has 1 aliphatic rings. The number of anilines is 1. The molecule has 6 atom stereocenters. The molecule has 52 heavy (non-hydrogen) atoms. The second kappa shape index (κ2) is 22.5.